The van der Waals surface area contributed by atoms with E-state index in [1.807, 2.05) is 72.8 Å². The number of hydrazone groups is 2. The number of carbonyl (C=O) groups excluding carboxylic acids is 2. The van der Waals surface area contributed by atoms with Crippen LogP contribution in [0.5, 0.6) is 0 Å². The molecule has 0 aliphatic carbocycles. The summed E-state index contributed by atoms with van der Waals surface area (Å²) in [4.78, 5) is 23.7. The fraction of sp³-hybridized carbons (Fsp3) is 0.167. The molecule has 0 atom stereocenters. The predicted molar refractivity (Wildman–Crippen MR) is 138 cm³/mol. The maximum atomic E-state index is 11.8. The van der Waals surface area contributed by atoms with E-state index in [4.69, 9.17) is 0 Å². The lowest BCUT2D eigenvalue weighted by Crippen LogP contribution is -2.18. The van der Waals surface area contributed by atoms with Gasteiger partial charge in [0.15, 0.2) is 0 Å². The fourth-order valence-corrected chi connectivity index (χ4v) is 3.24. The van der Waals surface area contributed by atoms with E-state index in [1.54, 1.807) is 0 Å². The average molecular weight is 560 g/mol. The third-order valence-corrected chi connectivity index (χ3v) is 4.89. The summed E-state index contributed by atoms with van der Waals surface area (Å²) in [7, 11) is 0. The van der Waals surface area contributed by atoms with Crippen LogP contribution in [0.4, 0.5) is 0 Å². The number of nitrogens with zero attached hydrogens (tertiary/aromatic N) is 2. The summed E-state index contributed by atoms with van der Waals surface area (Å²) in [6, 6.07) is 19.5. The molecule has 6 nitrogen and oxygen atoms in total. The van der Waals surface area contributed by atoms with E-state index in [0.29, 0.717) is 25.7 Å². The number of allylic oxidation sites excluding steroid dienone is 2. The molecule has 8 heteroatoms. The van der Waals surface area contributed by atoms with Gasteiger partial charge in [-0.1, -0.05) is 60.7 Å². The van der Waals surface area contributed by atoms with Crippen molar-refractivity contribution >= 4 is 68.3 Å². The maximum absolute atomic E-state index is 11.8. The Labute approximate surface area is 204 Å². The zero-order valence-electron chi connectivity index (χ0n) is 17.4. The summed E-state index contributed by atoms with van der Waals surface area (Å²) in [6.45, 7) is 0. The van der Waals surface area contributed by atoms with Crippen molar-refractivity contribution in [3.05, 3.63) is 80.8 Å². The molecule has 0 aliphatic rings. The van der Waals surface area contributed by atoms with E-state index >= 15 is 0 Å². The first-order chi connectivity index (χ1) is 15.5. The van der Waals surface area contributed by atoms with Gasteiger partial charge in [0.1, 0.15) is 0 Å². The highest BCUT2D eigenvalue weighted by Gasteiger charge is 2.03. The zero-order valence-corrected chi connectivity index (χ0v) is 20.6. The molecule has 0 aliphatic heterocycles. The Morgan fingerprint density at radius 2 is 1.06 bits per heavy atom. The summed E-state index contributed by atoms with van der Waals surface area (Å²) in [6.07, 6.45) is 8.59. The first-order valence-electron chi connectivity index (χ1n) is 10.0. The first kappa shape index (κ1) is 25.4. The molecule has 0 bridgehead atoms. The van der Waals surface area contributed by atoms with Crippen LogP contribution < -0.4 is 10.9 Å². The molecule has 2 aromatic rings. The van der Waals surface area contributed by atoms with Crippen LogP contribution >= 0.6 is 31.9 Å². The second kappa shape index (κ2) is 15.0. The molecule has 2 rings (SSSR count). The van der Waals surface area contributed by atoms with E-state index in [9.17, 15) is 9.59 Å². The molecule has 0 spiro atoms. The summed E-state index contributed by atoms with van der Waals surface area (Å²) >= 11 is 6.78. The van der Waals surface area contributed by atoms with Gasteiger partial charge in [0.25, 0.3) is 0 Å². The number of hydrogen-bond acceptors (Lipinski definition) is 4. The van der Waals surface area contributed by atoms with E-state index in [1.165, 1.54) is 12.4 Å². The minimum absolute atomic E-state index is 0.199. The molecule has 0 fully saturated rings. The number of amides is 2. The summed E-state index contributed by atoms with van der Waals surface area (Å²) in [5.74, 6) is -0.399. The number of rotatable bonds is 11. The molecule has 0 unspecified atom stereocenters. The second-order valence-electron chi connectivity index (χ2n) is 6.67. The van der Waals surface area contributed by atoms with Crippen LogP contribution in [0.2, 0.25) is 0 Å². The first-order valence-corrected chi connectivity index (χ1v) is 11.6. The number of halogens is 2. The van der Waals surface area contributed by atoms with Crippen LogP contribution in [0.15, 0.2) is 79.8 Å². The monoisotopic (exact) mass is 558 g/mol. The van der Waals surface area contributed by atoms with Crippen LogP contribution in [-0.2, 0) is 9.59 Å². The summed E-state index contributed by atoms with van der Waals surface area (Å²) in [5, 5.41) is 7.84. The Balaban J connectivity index is 1.59. The summed E-state index contributed by atoms with van der Waals surface area (Å²) < 4.78 is 1.48. The van der Waals surface area contributed by atoms with E-state index in [-0.39, 0.29) is 11.8 Å². The zero-order chi connectivity index (χ0) is 23.0. The molecule has 0 saturated carbocycles. The molecule has 32 heavy (non-hydrogen) atoms. The fourth-order valence-electron chi connectivity index (χ4n) is 2.51. The minimum Gasteiger partial charge on any atom is -0.273 e. The van der Waals surface area contributed by atoms with Gasteiger partial charge in [-0.15, -0.1) is 0 Å². The van der Waals surface area contributed by atoms with Crippen LogP contribution in [-0.4, -0.2) is 24.2 Å². The number of carbonyl (C=O) groups is 2. The van der Waals surface area contributed by atoms with Crippen molar-refractivity contribution in [2.24, 2.45) is 10.2 Å². The van der Waals surface area contributed by atoms with Gasteiger partial charge in [-0.2, -0.15) is 10.2 Å². The summed E-state index contributed by atoms with van der Waals surface area (Å²) in [5.41, 5.74) is 7.01. The molecule has 166 valence electrons. The normalized spacial score (nSPS) is 12.3. The van der Waals surface area contributed by atoms with E-state index < -0.39 is 0 Å². The van der Waals surface area contributed by atoms with Crippen LogP contribution in [0.1, 0.15) is 36.8 Å². The standard InChI is InChI=1S/C24H24Br2N4O2/c25-21(15-19-9-3-1-4-10-19)17-27-29-23(31)13-7-8-14-24(32)30-28-18-22(26)16-20-11-5-2-6-12-20/h1-6,9-12,15-18H,7-8,13-14H2,(H,29,31)(H,30,32). The third-order valence-electron chi connectivity index (χ3n) is 4.02. The molecule has 0 radical (unpaired) electrons. The third kappa shape index (κ3) is 11.5. The van der Waals surface area contributed by atoms with Crippen LogP contribution in [0.3, 0.4) is 0 Å². The van der Waals surface area contributed by atoms with Gasteiger partial charge in [-0.05, 0) is 68.0 Å². The predicted octanol–water partition coefficient (Wildman–Crippen LogP) is 5.62. The molecule has 0 aromatic heterocycles. The largest absolute Gasteiger partial charge is 0.273 e. The van der Waals surface area contributed by atoms with E-state index in [0.717, 1.165) is 20.1 Å². The lowest BCUT2D eigenvalue weighted by Gasteiger charge is -2.01. The maximum Gasteiger partial charge on any atom is 0.240 e. The highest BCUT2D eigenvalue weighted by molar-refractivity contribution is 9.12. The molecule has 0 heterocycles. The SMILES string of the molecule is O=C(CCCCC(=O)NN=CC(Br)=Cc1ccccc1)NN=CC(Br)=Cc1ccccc1. The van der Waals surface area contributed by atoms with Gasteiger partial charge in [-0.25, -0.2) is 10.9 Å². The Morgan fingerprint density at radius 1 is 0.688 bits per heavy atom. The Kier molecular flexibility index (Phi) is 12.0. The van der Waals surface area contributed by atoms with Crippen molar-refractivity contribution in [2.75, 3.05) is 0 Å². The van der Waals surface area contributed by atoms with Gasteiger partial charge in [0.05, 0.1) is 12.4 Å². The van der Waals surface area contributed by atoms with E-state index in [2.05, 4.69) is 52.9 Å². The molecule has 2 N–H and O–H groups in total. The number of hydrogen-bond donors (Lipinski definition) is 2. The lowest BCUT2D eigenvalue weighted by molar-refractivity contribution is -0.123. The Morgan fingerprint density at radius 3 is 1.44 bits per heavy atom. The second-order valence-corrected chi connectivity index (χ2v) is 8.50. The lowest BCUT2D eigenvalue weighted by atomic mass is 10.2. The molecule has 2 amide bonds. The molecular weight excluding hydrogens is 536 g/mol. The molecule has 2 aromatic carbocycles. The van der Waals surface area contributed by atoms with Gasteiger partial charge in [0.2, 0.25) is 11.8 Å². The van der Waals surface area contributed by atoms with Crippen molar-refractivity contribution in [1.29, 1.82) is 0 Å². The number of unbranched alkanes of at least 4 members (excludes halogenated alkanes) is 1. The Bertz CT molecular complexity index is 906. The topological polar surface area (TPSA) is 82.9 Å². The van der Waals surface area contributed by atoms with Gasteiger partial charge >= 0.3 is 0 Å². The average Bonchev–Trinajstić information content (AvgIpc) is 2.78. The van der Waals surface area contributed by atoms with Crippen molar-refractivity contribution in [2.45, 2.75) is 25.7 Å². The number of benzene rings is 2. The molecular formula is C24H24Br2N4O2. The van der Waals surface area contributed by atoms with Crippen molar-refractivity contribution < 1.29 is 9.59 Å². The number of nitrogens with one attached hydrogen (secondary N) is 2. The van der Waals surface area contributed by atoms with Gasteiger partial charge in [-0.3, -0.25) is 9.59 Å². The van der Waals surface area contributed by atoms with Crippen molar-refractivity contribution in [3.8, 4) is 0 Å². The highest BCUT2D eigenvalue weighted by Crippen LogP contribution is 2.10. The van der Waals surface area contributed by atoms with Crippen LogP contribution in [0.25, 0.3) is 12.2 Å². The van der Waals surface area contributed by atoms with Gasteiger partial charge in [0, 0.05) is 21.8 Å². The van der Waals surface area contributed by atoms with Gasteiger partial charge < -0.3 is 0 Å². The van der Waals surface area contributed by atoms with Crippen LogP contribution in [0, 0.1) is 0 Å². The molecule has 0 saturated heterocycles. The highest BCUT2D eigenvalue weighted by atomic mass is 79.9. The smallest absolute Gasteiger partial charge is 0.240 e. The van der Waals surface area contributed by atoms with Crippen molar-refractivity contribution in [1.82, 2.24) is 10.9 Å². The van der Waals surface area contributed by atoms with Crippen molar-refractivity contribution in [3.63, 3.8) is 0 Å². The minimum atomic E-state index is -0.199. The quantitative estimate of drug-likeness (QED) is 0.213. The Hall–Kier alpha value is -2.84.